The third-order valence-electron chi connectivity index (χ3n) is 2.49. The lowest BCUT2D eigenvalue weighted by Gasteiger charge is -2.08. The Morgan fingerprint density at radius 2 is 2.26 bits per heavy atom. The van der Waals surface area contributed by atoms with Crippen LogP contribution >= 0.6 is 11.8 Å². The van der Waals surface area contributed by atoms with Gasteiger partial charge in [0, 0.05) is 31.3 Å². The lowest BCUT2D eigenvalue weighted by Crippen LogP contribution is -2.00. The molecule has 0 saturated heterocycles. The summed E-state index contributed by atoms with van der Waals surface area (Å²) in [5.74, 6) is 0.594. The van der Waals surface area contributed by atoms with Crippen LogP contribution in [0.4, 0.5) is 11.4 Å². The minimum atomic E-state index is -0.387. The first-order valence-corrected chi connectivity index (χ1v) is 6.53. The third-order valence-corrected chi connectivity index (χ3v) is 3.45. The van der Waals surface area contributed by atoms with E-state index < -0.39 is 0 Å². The fraction of sp³-hybridized carbons (Fsp3) is 0.167. The fourth-order valence-corrected chi connectivity index (χ4v) is 2.47. The molecule has 0 bridgehead atoms. The van der Waals surface area contributed by atoms with Gasteiger partial charge in [-0.15, -0.1) is 11.8 Å². The molecule has 1 heterocycles. The van der Waals surface area contributed by atoms with E-state index in [9.17, 15) is 10.1 Å². The zero-order valence-corrected chi connectivity index (χ0v) is 11.1. The van der Waals surface area contributed by atoms with Crippen molar-refractivity contribution in [2.24, 2.45) is 0 Å². The zero-order chi connectivity index (χ0) is 13.7. The Kier molecular flexibility index (Phi) is 4.30. The SMILES string of the molecule is CNc1c(CSc2cnccn2)cccc1[N+](=O)[O-]. The van der Waals surface area contributed by atoms with E-state index in [0.717, 1.165) is 10.6 Å². The molecule has 19 heavy (non-hydrogen) atoms. The predicted octanol–water partition coefficient (Wildman–Crippen LogP) is 2.72. The molecule has 1 aromatic carbocycles. The highest BCUT2D eigenvalue weighted by Crippen LogP contribution is 2.31. The lowest BCUT2D eigenvalue weighted by atomic mass is 10.1. The van der Waals surface area contributed by atoms with E-state index in [1.165, 1.54) is 17.8 Å². The fourth-order valence-electron chi connectivity index (χ4n) is 1.66. The summed E-state index contributed by atoms with van der Waals surface area (Å²) < 4.78 is 0. The van der Waals surface area contributed by atoms with Crippen molar-refractivity contribution < 1.29 is 4.92 Å². The van der Waals surface area contributed by atoms with Gasteiger partial charge >= 0.3 is 0 Å². The smallest absolute Gasteiger partial charge is 0.292 e. The number of nitro benzene ring substituents is 1. The number of hydrogen-bond donors (Lipinski definition) is 1. The molecular weight excluding hydrogens is 264 g/mol. The monoisotopic (exact) mass is 276 g/mol. The molecule has 1 aromatic heterocycles. The van der Waals surface area contributed by atoms with Crippen molar-refractivity contribution in [2.75, 3.05) is 12.4 Å². The van der Waals surface area contributed by atoms with Crippen LogP contribution in [0, 0.1) is 10.1 Å². The number of nitro groups is 1. The van der Waals surface area contributed by atoms with Crippen molar-refractivity contribution in [3.8, 4) is 0 Å². The van der Waals surface area contributed by atoms with Gasteiger partial charge in [-0.1, -0.05) is 12.1 Å². The number of aromatic nitrogens is 2. The molecule has 0 amide bonds. The van der Waals surface area contributed by atoms with E-state index in [4.69, 9.17) is 0 Å². The molecule has 6 nitrogen and oxygen atoms in total. The minimum absolute atomic E-state index is 0.0831. The van der Waals surface area contributed by atoms with E-state index in [0.29, 0.717) is 11.4 Å². The Hall–Kier alpha value is -2.15. The number of nitrogens with zero attached hydrogens (tertiary/aromatic N) is 3. The molecule has 98 valence electrons. The maximum atomic E-state index is 10.9. The Balaban J connectivity index is 2.21. The van der Waals surface area contributed by atoms with E-state index in [1.807, 2.05) is 6.07 Å². The van der Waals surface area contributed by atoms with Gasteiger partial charge in [0.05, 0.1) is 11.1 Å². The molecule has 0 aliphatic heterocycles. The molecule has 0 unspecified atom stereocenters. The molecule has 0 atom stereocenters. The number of benzene rings is 1. The molecule has 0 aliphatic carbocycles. The van der Waals surface area contributed by atoms with Crippen molar-refractivity contribution in [1.29, 1.82) is 0 Å². The van der Waals surface area contributed by atoms with Crippen molar-refractivity contribution in [1.82, 2.24) is 9.97 Å². The van der Waals surface area contributed by atoms with Crippen LogP contribution in [0.3, 0.4) is 0 Å². The molecule has 2 rings (SSSR count). The number of nitrogens with one attached hydrogen (secondary N) is 1. The molecule has 7 heteroatoms. The third kappa shape index (κ3) is 3.19. The molecule has 0 radical (unpaired) electrons. The van der Waals surface area contributed by atoms with Gasteiger partial charge in [0.15, 0.2) is 0 Å². The highest BCUT2D eigenvalue weighted by Gasteiger charge is 2.16. The van der Waals surface area contributed by atoms with Crippen LogP contribution in [0.2, 0.25) is 0 Å². The van der Waals surface area contributed by atoms with E-state index in [1.54, 1.807) is 31.7 Å². The molecule has 0 saturated carbocycles. The van der Waals surface area contributed by atoms with Gasteiger partial charge in [0.25, 0.3) is 5.69 Å². The molecular formula is C12H12N4O2S. The topological polar surface area (TPSA) is 81.0 Å². The Bertz CT molecular complexity index is 577. The first-order chi connectivity index (χ1) is 9.22. The number of thioether (sulfide) groups is 1. The number of anilines is 1. The van der Waals surface area contributed by atoms with Crippen LogP contribution in [0.1, 0.15) is 5.56 Å². The van der Waals surface area contributed by atoms with E-state index in [-0.39, 0.29) is 10.6 Å². The van der Waals surface area contributed by atoms with Crippen LogP contribution in [0.15, 0.2) is 41.8 Å². The summed E-state index contributed by atoms with van der Waals surface area (Å²) in [5.41, 5.74) is 1.50. The molecule has 0 spiro atoms. The Morgan fingerprint density at radius 1 is 1.42 bits per heavy atom. The standard InChI is InChI=1S/C12H12N4O2S/c1-13-12-9(3-2-4-10(12)16(17)18)8-19-11-7-14-5-6-15-11/h2-7,13H,8H2,1H3. The van der Waals surface area contributed by atoms with Crippen molar-refractivity contribution in [3.05, 3.63) is 52.5 Å². The second-order valence-electron chi connectivity index (χ2n) is 3.65. The first kappa shape index (κ1) is 13.3. The second kappa shape index (κ2) is 6.14. The average molecular weight is 276 g/mol. The van der Waals surface area contributed by atoms with E-state index in [2.05, 4.69) is 15.3 Å². The van der Waals surface area contributed by atoms with Crippen LogP contribution in [0.5, 0.6) is 0 Å². The van der Waals surface area contributed by atoms with Crippen LogP contribution < -0.4 is 5.32 Å². The lowest BCUT2D eigenvalue weighted by molar-refractivity contribution is -0.384. The maximum absolute atomic E-state index is 10.9. The zero-order valence-electron chi connectivity index (χ0n) is 10.2. The van der Waals surface area contributed by atoms with Crippen LogP contribution in [0.25, 0.3) is 0 Å². The summed E-state index contributed by atoms with van der Waals surface area (Å²) in [7, 11) is 1.68. The molecule has 0 fully saturated rings. The summed E-state index contributed by atoms with van der Waals surface area (Å²) >= 11 is 1.49. The number of para-hydroxylation sites is 1. The largest absolute Gasteiger partial charge is 0.382 e. The minimum Gasteiger partial charge on any atom is -0.382 e. The average Bonchev–Trinajstić information content (AvgIpc) is 2.45. The molecule has 2 aromatic rings. The Morgan fingerprint density at radius 3 is 2.89 bits per heavy atom. The quantitative estimate of drug-likeness (QED) is 0.513. The number of rotatable bonds is 5. The summed E-state index contributed by atoms with van der Waals surface area (Å²) in [5, 5.41) is 14.6. The van der Waals surface area contributed by atoms with Crippen LogP contribution in [-0.4, -0.2) is 21.9 Å². The van der Waals surface area contributed by atoms with Gasteiger partial charge in [0.1, 0.15) is 10.7 Å². The summed E-state index contributed by atoms with van der Waals surface area (Å²) in [6.07, 6.45) is 4.90. The van der Waals surface area contributed by atoms with Gasteiger partial charge in [-0.25, -0.2) is 4.98 Å². The summed E-state index contributed by atoms with van der Waals surface area (Å²) in [4.78, 5) is 18.7. The second-order valence-corrected chi connectivity index (χ2v) is 4.65. The highest BCUT2D eigenvalue weighted by molar-refractivity contribution is 7.98. The van der Waals surface area contributed by atoms with Gasteiger partial charge < -0.3 is 5.32 Å². The van der Waals surface area contributed by atoms with Gasteiger partial charge in [-0.2, -0.15) is 0 Å². The van der Waals surface area contributed by atoms with Crippen molar-refractivity contribution in [2.45, 2.75) is 10.8 Å². The van der Waals surface area contributed by atoms with Crippen molar-refractivity contribution in [3.63, 3.8) is 0 Å². The number of hydrogen-bond acceptors (Lipinski definition) is 6. The molecule has 0 aliphatic rings. The normalized spacial score (nSPS) is 10.2. The van der Waals surface area contributed by atoms with Gasteiger partial charge in [0.2, 0.25) is 0 Å². The van der Waals surface area contributed by atoms with Gasteiger partial charge in [-0.3, -0.25) is 15.1 Å². The predicted molar refractivity (Wildman–Crippen MR) is 74.2 cm³/mol. The highest BCUT2D eigenvalue weighted by atomic mass is 32.2. The van der Waals surface area contributed by atoms with Gasteiger partial charge in [-0.05, 0) is 5.56 Å². The Labute approximate surface area is 114 Å². The van der Waals surface area contributed by atoms with Crippen molar-refractivity contribution >= 4 is 23.1 Å². The first-order valence-electron chi connectivity index (χ1n) is 5.55. The summed E-state index contributed by atoms with van der Waals surface area (Å²) in [6, 6.07) is 5.04. The summed E-state index contributed by atoms with van der Waals surface area (Å²) in [6.45, 7) is 0. The van der Waals surface area contributed by atoms with Crippen LogP contribution in [-0.2, 0) is 5.75 Å². The maximum Gasteiger partial charge on any atom is 0.292 e. The molecule has 1 N–H and O–H groups in total. The van der Waals surface area contributed by atoms with E-state index >= 15 is 0 Å².